The summed E-state index contributed by atoms with van der Waals surface area (Å²) < 4.78 is 20.9. The molecule has 0 unspecified atom stereocenters. The summed E-state index contributed by atoms with van der Waals surface area (Å²) in [5.41, 5.74) is 0.753. The Hall–Kier alpha value is -2.91. The Morgan fingerprint density at radius 3 is 1.14 bits per heavy atom. The molecular weight excluding hydrogens is 533 g/mol. The van der Waals surface area contributed by atoms with E-state index in [-0.39, 0.29) is 48.7 Å². The highest BCUT2D eigenvalue weighted by Gasteiger charge is 2.30. The van der Waals surface area contributed by atoms with Crippen molar-refractivity contribution in [1.29, 1.82) is 0 Å². The van der Waals surface area contributed by atoms with Crippen LogP contribution in [0.2, 0.25) is 0 Å². The molecule has 1 aromatic carbocycles. The fourth-order valence-electron chi connectivity index (χ4n) is 3.53. The smallest absolute Gasteiger partial charge is 0.339 e. The summed E-state index contributed by atoms with van der Waals surface area (Å²) in [7, 11) is -3.47. The second kappa shape index (κ2) is 13.6. The molecule has 8 nitrogen and oxygen atoms in total. The van der Waals surface area contributed by atoms with Crippen LogP contribution in [0.5, 0.6) is 0 Å². The van der Waals surface area contributed by atoms with Crippen LogP contribution in [0.25, 0.3) is 0 Å². The summed E-state index contributed by atoms with van der Waals surface area (Å²) in [4.78, 5) is 51.0. The summed E-state index contributed by atoms with van der Waals surface area (Å²) in [6.45, 7) is 7.47. The van der Waals surface area contributed by atoms with Crippen molar-refractivity contribution in [1.82, 2.24) is 0 Å². The van der Waals surface area contributed by atoms with Crippen LogP contribution in [0.3, 0.4) is 0 Å². The third-order valence-electron chi connectivity index (χ3n) is 5.03. The van der Waals surface area contributed by atoms with Crippen LogP contribution in [0.15, 0.2) is 53.5 Å². The molecule has 2 aromatic heterocycles. The van der Waals surface area contributed by atoms with E-state index < -0.39 is 45.6 Å². The van der Waals surface area contributed by atoms with Crippen LogP contribution >= 0.6 is 21.7 Å². The van der Waals surface area contributed by atoms with E-state index in [1.165, 1.54) is 0 Å². The first-order chi connectivity index (χ1) is 17.9. The van der Waals surface area contributed by atoms with Gasteiger partial charge in [-0.05, 0) is 56.2 Å². The second-order valence-corrected chi connectivity index (χ2v) is 17.2. The minimum absolute atomic E-state index is 0.168. The van der Waals surface area contributed by atoms with Gasteiger partial charge in [0.15, 0.2) is 0 Å². The maximum atomic E-state index is 12.8. The highest BCUT2D eigenvalue weighted by Crippen LogP contribution is 2.78. The molecule has 0 saturated carbocycles. The normalized spacial score (nSPS) is 10.7. The lowest BCUT2D eigenvalue weighted by molar-refractivity contribution is 0.0480. The van der Waals surface area contributed by atoms with Crippen molar-refractivity contribution in [2.24, 2.45) is 0 Å². The van der Waals surface area contributed by atoms with Gasteiger partial charge >= 0.3 is 23.9 Å². The van der Waals surface area contributed by atoms with Gasteiger partial charge in [-0.2, -0.15) is 0 Å². The predicted molar refractivity (Wildman–Crippen MR) is 146 cm³/mol. The van der Waals surface area contributed by atoms with Crippen molar-refractivity contribution in [2.75, 3.05) is 26.4 Å². The summed E-state index contributed by atoms with van der Waals surface area (Å²) in [5, 5.41) is 1.01. The van der Waals surface area contributed by atoms with Crippen molar-refractivity contribution in [3.63, 3.8) is 0 Å². The quantitative estimate of drug-likeness (QED) is 0.150. The summed E-state index contributed by atoms with van der Waals surface area (Å²) in [6.07, 6.45) is 0. The van der Waals surface area contributed by atoms with Crippen molar-refractivity contribution < 1.29 is 38.1 Å². The standard InChI is InChI=1S/C26H29O8P3/c1-5-31-23(27)19-14-35(15-20(19)24(28)32-6-2)37(18-12-10-9-11-13-18)36-16-21(25(29)33-7-3)22(17-36)26(30)34-8-4/h9-17H,5-8H2,1-4H3. The molecule has 0 spiro atoms. The minimum atomic E-state index is -1.18. The molecule has 3 aromatic rings. The molecule has 196 valence electrons. The molecule has 37 heavy (non-hydrogen) atoms. The Morgan fingerprint density at radius 2 is 0.865 bits per heavy atom. The molecule has 11 heteroatoms. The number of carbonyl (C=O) groups excluding carboxylic acids is 4. The van der Waals surface area contributed by atoms with E-state index in [4.69, 9.17) is 18.9 Å². The number of hydrogen-bond acceptors (Lipinski definition) is 8. The van der Waals surface area contributed by atoms with Crippen LogP contribution in [0.1, 0.15) is 69.1 Å². The molecule has 2 heterocycles. The lowest BCUT2D eigenvalue weighted by Crippen LogP contribution is -2.11. The van der Waals surface area contributed by atoms with E-state index in [9.17, 15) is 19.2 Å². The zero-order chi connectivity index (χ0) is 26.9. The average Bonchev–Trinajstić information content (AvgIpc) is 3.51. The fourth-order valence-corrected chi connectivity index (χ4v) is 17.2. The Balaban J connectivity index is 2.23. The summed E-state index contributed by atoms with van der Waals surface area (Å²) >= 11 is 0. The van der Waals surface area contributed by atoms with Gasteiger partial charge in [-0.25, -0.2) is 19.2 Å². The number of hydrogen-bond donors (Lipinski definition) is 0. The number of benzene rings is 1. The van der Waals surface area contributed by atoms with Gasteiger partial charge in [-0.1, -0.05) is 44.8 Å². The lowest BCUT2D eigenvalue weighted by Gasteiger charge is -2.17. The van der Waals surface area contributed by atoms with E-state index in [0.29, 0.717) is 0 Å². The van der Waals surface area contributed by atoms with Crippen molar-refractivity contribution >= 4 is 50.9 Å². The fraction of sp³-hybridized carbons (Fsp3) is 0.308. The number of carbonyl (C=O) groups is 4. The third kappa shape index (κ3) is 6.70. The Morgan fingerprint density at radius 1 is 0.568 bits per heavy atom. The van der Waals surface area contributed by atoms with Gasteiger partial charge in [-0.3, -0.25) is 0 Å². The van der Waals surface area contributed by atoms with Gasteiger partial charge in [0, 0.05) is 7.30 Å². The molecule has 0 aliphatic carbocycles. The van der Waals surface area contributed by atoms with Gasteiger partial charge in [0.25, 0.3) is 0 Å². The van der Waals surface area contributed by atoms with Crippen LogP contribution < -0.4 is 5.30 Å². The zero-order valence-corrected chi connectivity index (χ0v) is 23.8. The highest BCUT2D eigenvalue weighted by atomic mass is 32.4. The Bertz CT molecular complexity index is 1110. The molecule has 0 aliphatic heterocycles. The minimum Gasteiger partial charge on any atom is -0.462 e. The first-order valence-electron chi connectivity index (χ1n) is 11.8. The molecule has 0 N–H and O–H groups in total. The topological polar surface area (TPSA) is 105 Å². The molecule has 0 radical (unpaired) electrons. The van der Waals surface area contributed by atoms with E-state index in [0.717, 1.165) is 5.30 Å². The van der Waals surface area contributed by atoms with Gasteiger partial charge in [0.05, 0.1) is 48.7 Å². The second-order valence-electron chi connectivity index (χ2n) is 7.44. The van der Waals surface area contributed by atoms with Gasteiger partial charge in [0.1, 0.15) is 0 Å². The largest absolute Gasteiger partial charge is 0.462 e. The van der Waals surface area contributed by atoms with Gasteiger partial charge < -0.3 is 18.9 Å². The van der Waals surface area contributed by atoms with Crippen molar-refractivity contribution in [3.05, 3.63) is 75.8 Å². The summed E-state index contributed by atoms with van der Waals surface area (Å²) in [6, 6.07) is 9.70. The third-order valence-corrected chi connectivity index (χ3v) is 17.9. The molecule has 3 rings (SSSR count). The predicted octanol–water partition coefficient (Wildman–Crippen LogP) is 6.40. The maximum Gasteiger partial charge on any atom is 0.339 e. The van der Waals surface area contributed by atoms with Crippen LogP contribution in [0.4, 0.5) is 0 Å². The van der Waals surface area contributed by atoms with Crippen LogP contribution in [-0.4, -0.2) is 50.3 Å². The molecular formula is C26H29O8P3. The van der Waals surface area contributed by atoms with E-state index in [1.54, 1.807) is 50.9 Å². The highest BCUT2D eigenvalue weighted by molar-refractivity contribution is 8.59. The first-order valence-corrected chi connectivity index (χ1v) is 17.6. The number of rotatable bonds is 11. The van der Waals surface area contributed by atoms with Crippen molar-refractivity contribution in [2.45, 2.75) is 27.7 Å². The zero-order valence-electron chi connectivity index (χ0n) is 21.1. The molecule has 0 amide bonds. The molecule has 0 bridgehead atoms. The Kier molecular flexibility index (Phi) is 10.5. The SMILES string of the molecule is CCOC(=O)c1cp(P(c2ccccc2)p2cc(C(=O)OCC)c(C(=O)OCC)c2)cc1C(=O)OCC. The lowest BCUT2D eigenvalue weighted by atomic mass is 10.2. The average molecular weight is 562 g/mol. The van der Waals surface area contributed by atoms with E-state index in [2.05, 4.69) is 0 Å². The molecule has 0 fully saturated rings. The van der Waals surface area contributed by atoms with Gasteiger partial charge in [0.2, 0.25) is 0 Å². The summed E-state index contributed by atoms with van der Waals surface area (Å²) in [5.74, 6) is 4.87. The number of esters is 4. The monoisotopic (exact) mass is 562 g/mol. The Labute approximate surface area is 218 Å². The molecule has 0 aliphatic rings. The molecule has 0 atom stereocenters. The van der Waals surface area contributed by atoms with Gasteiger partial charge in [-0.15, -0.1) is 0 Å². The molecule has 0 saturated heterocycles. The van der Waals surface area contributed by atoms with Crippen molar-refractivity contribution in [3.8, 4) is 0 Å². The van der Waals surface area contributed by atoms with Crippen LogP contribution in [-0.2, 0) is 18.9 Å². The number of ether oxygens (including phenoxy) is 4. The van der Waals surface area contributed by atoms with Crippen LogP contribution in [0, 0.1) is 0 Å². The first kappa shape index (κ1) is 28.7. The van der Waals surface area contributed by atoms with E-state index >= 15 is 0 Å². The van der Waals surface area contributed by atoms with E-state index in [1.807, 2.05) is 30.3 Å². The maximum absolute atomic E-state index is 12.8.